The Labute approximate surface area is 175 Å². The van der Waals surface area contributed by atoms with Gasteiger partial charge in [0.25, 0.3) is 0 Å². The number of thiazole rings is 1. The number of methoxy groups -OCH3 is 3. The molecular formula is C23H24N2O3S. The largest absolute Gasteiger partial charge is 0.496 e. The van der Waals surface area contributed by atoms with Crippen molar-refractivity contribution in [1.29, 1.82) is 0 Å². The van der Waals surface area contributed by atoms with Crippen LogP contribution in [0.5, 0.6) is 17.2 Å². The standard InChI is InChI=1S/C23H24N2O3S/c1-26-20-9-5-6-16-17(20)7-4-8-18(16)24-13-23-25-19(14-29-23)15-10-11-21(27-2)22(12-15)28-3/h5-6,9-12,14H,4,7-8,13H2,1-3H3. The van der Waals surface area contributed by atoms with Crippen LogP contribution in [0.4, 0.5) is 0 Å². The Bertz CT molecular complexity index is 1040. The molecule has 150 valence electrons. The summed E-state index contributed by atoms with van der Waals surface area (Å²) in [5.74, 6) is 2.37. The summed E-state index contributed by atoms with van der Waals surface area (Å²) in [6.07, 6.45) is 3.13. The van der Waals surface area contributed by atoms with E-state index in [-0.39, 0.29) is 0 Å². The van der Waals surface area contributed by atoms with Crippen molar-refractivity contribution in [3.63, 3.8) is 0 Å². The molecule has 1 aliphatic rings. The first-order valence-electron chi connectivity index (χ1n) is 9.60. The van der Waals surface area contributed by atoms with E-state index < -0.39 is 0 Å². The molecule has 0 N–H and O–H groups in total. The number of hydrogen-bond donors (Lipinski definition) is 0. The molecule has 29 heavy (non-hydrogen) atoms. The molecule has 6 heteroatoms. The van der Waals surface area contributed by atoms with Gasteiger partial charge in [-0.2, -0.15) is 0 Å². The summed E-state index contributed by atoms with van der Waals surface area (Å²) in [4.78, 5) is 9.68. The van der Waals surface area contributed by atoms with Crippen molar-refractivity contribution in [2.24, 2.45) is 4.99 Å². The Hall–Kier alpha value is -2.86. The van der Waals surface area contributed by atoms with Gasteiger partial charge in [0.05, 0.1) is 33.6 Å². The van der Waals surface area contributed by atoms with Crippen molar-refractivity contribution in [3.05, 3.63) is 57.9 Å². The van der Waals surface area contributed by atoms with Gasteiger partial charge in [0, 0.05) is 27.8 Å². The molecule has 0 spiro atoms. The van der Waals surface area contributed by atoms with Crippen LogP contribution in [0.2, 0.25) is 0 Å². The summed E-state index contributed by atoms with van der Waals surface area (Å²) in [5, 5.41) is 3.06. The molecule has 0 fully saturated rings. The zero-order valence-electron chi connectivity index (χ0n) is 16.9. The van der Waals surface area contributed by atoms with Crippen molar-refractivity contribution >= 4 is 17.0 Å². The average molecular weight is 409 g/mol. The van der Waals surface area contributed by atoms with Gasteiger partial charge in [-0.3, -0.25) is 4.99 Å². The molecule has 1 heterocycles. The fourth-order valence-electron chi connectivity index (χ4n) is 3.69. The fourth-order valence-corrected chi connectivity index (χ4v) is 4.42. The van der Waals surface area contributed by atoms with Crippen LogP contribution in [0, 0.1) is 0 Å². The molecule has 4 rings (SSSR count). The Morgan fingerprint density at radius 2 is 1.79 bits per heavy atom. The normalized spacial score (nSPS) is 14.5. The summed E-state index contributed by atoms with van der Waals surface area (Å²) < 4.78 is 16.2. The summed E-state index contributed by atoms with van der Waals surface area (Å²) >= 11 is 1.63. The predicted molar refractivity (Wildman–Crippen MR) is 117 cm³/mol. The smallest absolute Gasteiger partial charge is 0.161 e. The van der Waals surface area contributed by atoms with Crippen LogP contribution in [-0.4, -0.2) is 32.0 Å². The highest BCUT2D eigenvalue weighted by Crippen LogP contribution is 2.33. The van der Waals surface area contributed by atoms with Crippen molar-refractivity contribution in [2.75, 3.05) is 21.3 Å². The Balaban J connectivity index is 1.55. The minimum atomic E-state index is 0.587. The lowest BCUT2D eigenvalue weighted by Gasteiger charge is -2.20. The van der Waals surface area contributed by atoms with Gasteiger partial charge in [-0.15, -0.1) is 11.3 Å². The first kappa shape index (κ1) is 19.5. The van der Waals surface area contributed by atoms with Crippen LogP contribution >= 0.6 is 11.3 Å². The van der Waals surface area contributed by atoms with Gasteiger partial charge in [0.2, 0.25) is 0 Å². The number of nitrogens with zero attached hydrogens (tertiary/aromatic N) is 2. The van der Waals surface area contributed by atoms with Crippen LogP contribution in [0.15, 0.2) is 46.8 Å². The first-order valence-corrected chi connectivity index (χ1v) is 10.5. The number of benzene rings is 2. The second kappa shape index (κ2) is 8.66. The van der Waals surface area contributed by atoms with E-state index in [2.05, 4.69) is 11.4 Å². The lowest BCUT2D eigenvalue weighted by Crippen LogP contribution is -2.13. The molecule has 1 aromatic heterocycles. The van der Waals surface area contributed by atoms with E-state index in [1.165, 1.54) is 11.1 Å². The number of hydrogen-bond acceptors (Lipinski definition) is 6. The molecule has 0 bridgehead atoms. The third kappa shape index (κ3) is 3.98. The monoisotopic (exact) mass is 408 g/mol. The fraction of sp³-hybridized carbons (Fsp3) is 0.304. The molecule has 0 amide bonds. The van der Waals surface area contributed by atoms with Gasteiger partial charge in [-0.1, -0.05) is 12.1 Å². The van der Waals surface area contributed by atoms with Gasteiger partial charge in [-0.25, -0.2) is 4.98 Å². The van der Waals surface area contributed by atoms with Gasteiger partial charge in [0.15, 0.2) is 11.5 Å². The maximum atomic E-state index is 5.53. The van der Waals surface area contributed by atoms with E-state index in [4.69, 9.17) is 24.2 Å². The van der Waals surface area contributed by atoms with E-state index >= 15 is 0 Å². The zero-order valence-corrected chi connectivity index (χ0v) is 17.7. The van der Waals surface area contributed by atoms with Crippen LogP contribution in [0.25, 0.3) is 11.3 Å². The average Bonchev–Trinajstić information content (AvgIpc) is 3.25. The molecule has 0 saturated heterocycles. The quantitative estimate of drug-likeness (QED) is 0.565. The number of ether oxygens (including phenoxy) is 3. The zero-order chi connectivity index (χ0) is 20.2. The van der Waals surface area contributed by atoms with Crippen molar-refractivity contribution in [3.8, 4) is 28.5 Å². The van der Waals surface area contributed by atoms with Gasteiger partial charge in [0.1, 0.15) is 10.8 Å². The topological polar surface area (TPSA) is 52.9 Å². The maximum Gasteiger partial charge on any atom is 0.161 e. The second-order valence-electron chi connectivity index (χ2n) is 6.80. The van der Waals surface area contributed by atoms with Crippen LogP contribution in [0.3, 0.4) is 0 Å². The van der Waals surface area contributed by atoms with E-state index in [0.29, 0.717) is 18.0 Å². The highest BCUT2D eigenvalue weighted by atomic mass is 32.1. The van der Waals surface area contributed by atoms with E-state index in [1.807, 2.05) is 30.3 Å². The van der Waals surface area contributed by atoms with Crippen LogP contribution in [0.1, 0.15) is 29.0 Å². The number of rotatable bonds is 6. The van der Waals surface area contributed by atoms with Crippen LogP contribution in [-0.2, 0) is 13.0 Å². The molecule has 0 unspecified atom stereocenters. The highest BCUT2D eigenvalue weighted by Gasteiger charge is 2.18. The van der Waals surface area contributed by atoms with Gasteiger partial charge in [-0.05, 0) is 43.5 Å². The Morgan fingerprint density at radius 3 is 2.59 bits per heavy atom. The minimum Gasteiger partial charge on any atom is -0.496 e. The van der Waals surface area contributed by atoms with E-state index in [1.54, 1.807) is 32.7 Å². The Morgan fingerprint density at radius 1 is 0.966 bits per heavy atom. The Kier molecular flexibility index (Phi) is 5.81. The number of fused-ring (bicyclic) bond motifs is 1. The van der Waals surface area contributed by atoms with Crippen molar-refractivity contribution in [1.82, 2.24) is 4.98 Å². The summed E-state index contributed by atoms with van der Waals surface area (Å²) in [5.41, 5.74) is 5.56. The molecule has 5 nitrogen and oxygen atoms in total. The van der Waals surface area contributed by atoms with Gasteiger partial charge >= 0.3 is 0 Å². The van der Waals surface area contributed by atoms with Crippen molar-refractivity contribution in [2.45, 2.75) is 25.8 Å². The first-order chi connectivity index (χ1) is 14.2. The second-order valence-corrected chi connectivity index (χ2v) is 7.74. The minimum absolute atomic E-state index is 0.587. The molecule has 2 aromatic carbocycles. The lowest BCUT2D eigenvalue weighted by atomic mass is 9.89. The SMILES string of the molecule is COc1ccc(-c2csc(CN=C3CCCc4c(OC)cccc43)n2)cc1OC. The predicted octanol–water partition coefficient (Wildman–Crippen LogP) is 5.16. The van der Waals surface area contributed by atoms with E-state index in [0.717, 1.165) is 47.0 Å². The highest BCUT2D eigenvalue weighted by molar-refractivity contribution is 7.09. The lowest BCUT2D eigenvalue weighted by molar-refractivity contribution is 0.355. The molecule has 1 aliphatic carbocycles. The number of aliphatic imine (C=N–C) groups is 1. The summed E-state index contributed by atoms with van der Waals surface area (Å²) in [6, 6.07) is 12.1. The van der Waals surface area contributed by atoms with Crippen LogP contribution < -0.4 is 14.2 Å². The molecular weight excluding hydrogens is 384 g/mol. The maximum absolute atomic E-state index is 5.53. The van der Waals surface area contributed by atoms with E-state index in [9.17, 15) is 0 Å². The molecule has 0 aliphatic heterocycles. The summed E-state index contributed by atoms with van der Waals surface area (Å²) in [7, 11) is 5.00. The molecule has 0 radical (unpaired) electrons. The number of aromatic nitrogens is 1. The third-order valence-electron chi connectivity index (χ3n) is 5.14. The van der Waals surface area contributed by atoms with Crippen molar-refractivity contribution < 1.29 is 14.2 Å². The summed E-state index contributed by atoms with van der Waals surface area (Å²) in [6.45, 7) is 0.587. The third-order valence-corrected chi connectivity index (χ3v) is 5.97. The van der Waals surface area contributed by atoms with Gasteiger partial charge < -0.3 is 14.2 Å². The molecule has 0 saturated carbocycles. The molecule has 3 aromatic rings. The molecule has 0 atom stereocenters.